The van der Waals surface area contributed by atoms with Crippen LogP contribution in [0.5, 0.6) is 0 Å². The number of hydrogen-bond donors (Lipinski definition) is 3. The fourth-order valence-corrected chi connectivity index (χ4v) is 7.46. The second-order valence-corrected chi connectivity index (χ2v) is 18.0. The van der Waals surface area contributed by atoms with Crippen LogP contribution < -0.4 is 5.73 Å². The molecular formula is C51H90NO10P. The number of carbonyl (C=O) groups is 3. The first kappa shape index (κ1) is 60.2. The van der Waals surface area contributed by atoms with E-state index in [2.05, 4.69) is 79.1 Å². The molecule has 0 aromatic heterocycles. The minimum atomic E-state index is -4.73. The molecule has 12 heteroatoms. The van der Waals surface area contributed by atoms with Crippen LogP contribution in [0.3, 0.4) is 0 Å². The van der Waals surface area contributed by atoms with Gasteiger partial charge in [-0.25, -0.2) is 4.57 Å². The third-order valence-corrected chi connectivity index (χ3v) is 11.5. The van der Waals surface area contributed by atoms with Crippen LogP contribution in [0.1, 0.15) is 213 Å². The van der Waals surface area contributed by atoms with Crippen LogP contribution >= 0.6 is 7.82 Å². The summed E-state index contributed by atoms with van der Waals surface area (Å²) in [4.78, 5) is 46.1. The summed E-state index contributed by atoms with van der Waals surface area (Å²) in [5, 5.41) is 8.92. The molecule has 0 saturated carbocycles. The SMILES string of the molecule is CC/C=C/C/C=C/C/C=C/C/C=C/C/C=C/CCCCCC(=O)OC[C@H](COP(=O)(O)OC[C@H](N)C(=O)O)OC(=O)CCCCCCCCCCCCCCCCCCCCCC. The molecule has 63 heavy (non-hydrogen) atoms. The number of rotatable bonds is 46. The second-order valence-electron chi connectivity index (χ2n) is 16.6. The van der Waals surface area contributed by atoms with Gasteiger partial charge in [-0.1, -0.05) is 203 Å². The molecule has 0 fully saturated rings. The zero-order valence-electron chi connectivity index (χ0n) is 39.7. The lowest BCUT2D eigenvalue weighted by Gasteiger charge is -2.20. The van der Waals surface area contributed by atoms with Crippen LogP contribution in [0.2, 0.25) is 0 Å². The number of carboxylic acid groups (broad SMARTS) is 1. The highest BCUT2D eigenvalue weighted by atomic mass is 31.2. The maximum atomic E-state index is 12.7. The number of nitrogens with two attached hydrogens (primary N) is 1. The molecule has 364 valence electrons. The molecule has 0 rings (SSSR count). The summed E-state index contributed by atoms with van der Waals surface area (Å²) < 4.78 is 32.8. The quantitative estimate of drug-likeness (QED) is 0.0230. The Bertz CT molecular complexity index is 1300. The van der Waals surface area contributed by atoms with Crippen molar-refractivity contribution in [2.45, 2.75) is 225 Å². The van der Waals surface area contributed by atoms with Crippen molar-refractivity contribution in [3.05, 3.63) is 60.8 Å². The molecule has 0 saturated heterocycles. The van der Waals surface area contributed by atoms with Crippen molar-refractivity contribution in [2.24, 2.45) is 5.73 Å². The fourth-order valence-electron chi connectivity index (χ4n) is 6.68. The molecule has 0 aromatic carbocycles. The number of ether oxygens (including phenoxy) is 2. The minimum absolute atomic E-state index is 0.155. The Hall–Kier alpha value is -2.82. The number of esters is 2. The molecule has 11 nitrogen and oxygen atoms in total. The predicted octanol–water partition coefficient (Wildman–Crippen LogP) is 13.9. The van der Waals surface area contributed by atoms with Gasteiger partial charge in [0.2, 0.25) is 0 Å². The summed E-state index contributed by atoms with van der Waals surface area (Å²) in [7, 11) is -4.73. The van der Waals surface area contributed by atoms with Gasteiger partial charge in [-0.05, 0) is 57.8 Å². The standard InChI is InChI=1S/C51H90NO10P/c1-3-5-7-9-11-13-15-17-19-21-23-25-27-29-31-33-35-37-39-41-43-50(54)62-47(45-60-63(57,58)61-46-48(52)51(55)56)44-59-49(53)42-40-38-36-34-32-30-28-26-24-22-20-18-16-14-12-10-8-6-4-2/h6,8,12,14,18,20,24,26,30,32,47-48H,3-5,7,9-11,13,15-17,19,21-23,25,27-29,31,33-46,52H2,1-2H3,(H,55,56)(H,57,58)/b8-6+,14-12+,20-18+,26-24+,32-30+/t47-,48+/m1/s1. The Morgan fingerprint density at radius 2 is 0.889 bits per heavy atom. The Kier molecular flexibility index (Phi) is 43.7. The van der Waals surface area contributed by atoms with Crippen molar-refractivity contribution >= 4 is 25.7 Å². The number of carboxylic acids is 1. The van der Waals surface area contributed by atoms with E-state index >= 15 is 0 Å². The van der Waals surface area contributed by atoms with Gasteiger partial charge in [-0.3, -0.25) is 23.4 Å². The molecule has 0 aliphatic heterocycles. The third kappa shape index (κ3) is 45.5. The van der Waals surface area contributed by atoms with E-state index in [0.717, 1.165) is 70.6 Å². The third-order valence-electron chi connectivity index (χ3n) is 10.5. The van der Waals surface area contributed by atoms with Gasteiger partial charge in [0.05, 0.1) is 13.2 Å². The van der Waals surface area contributed by atoms with E-state index in [1.807, 2.05) is 0 Å². The van der Waals surface area contributed by atoms with Crippen molar-refractivity contribution in [1.29, 1.82) is 0 Å². The maximum absolute atomic E-state index is 12.7. The monoisotopic (exact) mass is 908 g/mol. The van der Waals surface area contributed by atoms with Gasteiger partial charge in [-0.15, -0.1) is 0 Å². The lowest BCUT2D eigenvalue weighted by Crippen LogP contribution is -2.34. The van der Waals surface area contributed by atoms with Crippen LogP contribution in [0, 0.1) is 0 Å². The number of allylic oxidation sites excluding steroid dienone is 10. The minimum Gasteiger partial charge on any atom is -0.480 e. The van der Waals surface area contributed by atoms with E-state index in [1.165, 1.54) is 103 Å². The summed E-state index contributed by atoms with van der Waals surface area (Å²) in [5.74, 6) is -2.41. The molecular weight excluding hydrogens is 818 g/mol. The van der Waals surface area contributed by atoms with Gasteiger partial charge in [-0.2, -0.15) is 0 Å². The molecule has 0 heterocycles. The van der Waals surface area contributed by atoms with Gasteiger partial charge in [0.15, 0.2) is 6.10 Å². The average Bonchev–Trinajstić information content (AvgIpc) is 3.26. The number of carbonyl (C=O) groups excluding carboxylic acids is 2. The summed E-state index contributed by atoms with van der Waals surface area (Å²) in [6.45, 7) is 2.68. The first-order valence-corrected chi connectivity index (χ1v) is 26.3. The summed E-state index contributed by atoms with van der Waals surface area (Å²) in [6, 6.07) is -1.53. The van der Waals surface area contributed by atoms with E-state index in [0.29, 0.717) is 12.8 Å². The van der Waals surface area contributed by atoms with E-state index in [4.69, 9.17) is 24.8 Å². The van der Waals surface area contributed by atoms with Crippen molar-refractivity contribution in [3.8, 4) is 0 Å². The first-order valence-electron chi connectivity index (χ1n) is 24.8. The van der Waals surface area contributed by atoms with Crippen LogP contribution in [0.15, 0.2) is 60.8 Å². The number of unbranched alkanes of at least 4 members (excludes halogenated alkanes) is 22. The Balaban J connectivity index is 4.32. The van der Waals surface area contributed by atoms with E-state index < -0.39 is 51.1 Å². The van der Waals surface area contributed by atoms with Gasteiger partial charge < -0.3 is 25.2 Å². The average molecular weight is 908 g/mol. The van der Waals surface area contributed by atoms with Gasteiger partial charge in [0, 0.05) is 12.8 Å². The summed E-state index contributed by atoms with van der Waals surface area (Å²) in [6.07, 6.45) is 54.3. The van der Waals surface area contributed by atoms with E-state index in [-0.39, 0.29) is 19.4 Å². The van der Waals surface area contributed by atoms with Crippen molar-refractivity contribution in [1.82, 2.24) is 0 Å². The summed E-state index contributed by atoms with van der Waals surface area (Å²) >= 11 is 0. The van der Waals surface area contributed by atoms with Gasteiger partial charge >= 0.3 is 25.7 Å². The van der Waals surface area contributed by atoms with Crippen molar-refractivity contribution in [2.75, 3.05) is 19.8 Å². The van der Waals surface area contributed by atoms with Gasteiger partial charge in [0.1, 0.15) is 12.6 Å². The smallest absolute Gasteiger partial charge is 0.472 e. The number of aliphatic carboxylic acids is 1. The number of phosphoric acid groups is 1. The maximum Gasteiger partial charge on any atom is 0.472 e. The Labute approximate surface area is 383 Å². The number of phosphoric ester groups is 1. The van der Waals surface area contributed by atoms with Crippen molar-refractivity contribution < 1.29 is 47.5 Å². The molecule has 0 radical (unpaired) electrons. The molecule has 0 aliphatic carbocycles. The highest BCUT2D eigenvalue weighted by Gasteiger charge is 2.28. The Morgan fingerprint density at radius 1 is 0.508 bits per heavy atom. The molecule has 0 aliphatic rings. The molecule has 0 aromatic rings. The van der Waals surface area contributed by atoms with Crippen LogP contribution in [0.4, 0.5) is 0 Å². The van der Waals surface area contributed by atoms with E-state index in [1.54, 1.807) is 0 Å². The largest absolute Gasteiger partial charge is 0.480 e. The van der Waals surface area contributed by atoms with Crippen LogP contribution in [-0.4, -0.2) is 59.9 Å². The Morgan fingerprint density at radius 3 is 1.33 bits per heavy atom. The molecule has 0 spiro atoms. The van der Waals surface area contributed by atoms with Gasteiger partial charge in [0.25, 0.3) is 0 Å². The number of hydrogen-bond acceptors (Lipinski definition) is 9. The normalized spacial score (nSPS) is 14.1. The molecule has 0 amide bonds. The molecule has 0 bridgehead atoms. The zero-order chi connectivity index (χ0) is 46.3. The van der Waals surface area contributed by atoms with Crippen LogP contribution in [-0.2, 0) is 37.5 Å². The highest BCUT2D eigenvalue weighted by molar-refractivity contribution is 7.47. The predicted molar refractivity (Wildman–Crippen MR) is 258 cm³/mol. The molecule has 1 unspecified atom stereocenters. The molecule has 4 N–H and O–H groups in total. The second kappa shape index (κ2) is 45.7. The highest BCUT2D eigenvalue weighted by Crippen LogP contribution is 2.43. The van der Waals surface area contributed by atoms with E-state index in [9.17, 15) is 23.8 Å². The molecule has 3 atom stereocenters. The first-order chi connectivity index (χ1) is 30.6. The van der Waals surface area contributed by atoms with Crippen LogP contribution in [0.25, 0.3) is 0 Å². The topological polar surface area (TPSA) is 172 Å². The summed E-state index contributed by atoms with van der Waals surface area (Å²) in [5.41, 5.74) is 5.35. The fraction of sp³-hybridized carbons (Fsp3) is 0.745. The lowest BCUT2D eigenvalue weighted by atomic mass is 10.0. The lowest BCUT2D eigenvalue weighted by molar-refractivity contribution is -0.161. The van der Waals surface area contributed by atoms with Crippen molar-refractivity contribution in [3.63, 3.8) is 0 Å². The zero-order valence-corrected chi connectivity index (χ0v) is 40.5.